The van der Waals surface area contributed by atoms with Crippen molar-refractivity contribution in [2.75, 3.05) is 11.9 Å². The van der Waals surface area contributed by atoms with E-state index in [2.05, 4.69) is 143 Å². The number of fused-ring (bicyclic) bond motifs is 6. The van der Waals surface area contributed by atoms with Gasteiger partial charge in [0.15, 0.2) is 0 Å². The van der Waals surface area contributed by atoms with Crippen LogP contribution in [0.25, 0.3) is 21.5 Å². The van der Waals surface area contributed by atoms with E-state index in [-0.39, 0.29) is 16.9 Å². The Hall–Kier alpha value is -3.88. The predicted molar refractivity (Wildman–Crippen MR) is 186 cm³/mol. The monoisotopic (exact) mass is 582 g/mol. The van der Waals surface area contributed by atoms with Crippen molar-refractivity contribution in [1.29, 1.82) is 0 Å². The van der Waals surface area contributed by atoms with Gasteiger partial charge in [0.05, 0.1) is 17.4 Å². The van der Waals surface area contributed by atoms with Crippen LogP contribution in [-0.2, 0) is 10.8 Å². The Morgan fingerprint density at radius 3 is 2.23 bits per heavy atom. The molecule has 1 atom stereocenters. The maximum atomic E-state index is 7.07. The van der Waals surface area contributed by atoms with E-state index >= 15 is 0 Å². The molecule has 0 fully saturated rings. The summed E-state index contributed by atoms with van der Waals surface area (Å²) in [6, 6.07) is 26.5. The van der Waals surface area contributed by atoms with Gasteiger partial charge in [-0.3, -0.25) is 4.99 Å². The molecule has 0 N–H and O–H groups in total. The minimum atomic E-state index is -0.168. The lowest BCUT2D eigenvalue weighted by molar-refractivity contribution is 0.490. The van der Waals surface area contributed by atoms with Crippen molar-refractivity contribution in [2.45, 2.75) is 63.8 Å². The average molecular weight is 583 g/mol. The summed E-state index contributed by atoms with van der Waals surface area (Å²) < 4.78 is 0. The second-order valence-corrected chi connectivity index (χ2v) is 13.7. The van der Waals surface area contributed by atoms with Crippen molar-refractivity contribution in [3.05, 3.63) is 130 Å². The molecule has 2 aliphatic heterocycles. The maximum absolute atomic E-state index is 7.07. The minimum Gasteiger partial charge on any atom is -0.367 e. The summed E-state index contributed by atoms with van der Waals surface area (Å²) in [5, 5.41) is 6.10. The Bertz CT molecular complexity index is 1930. The lowest BCUT2D eigenvalue weighted by atomic mass is 9.78. The molecule has 0 saturated heterocycles. The number of aliphatic imine (C=N–C) groups is 1. The molecule has 3 aliphatic rings. The Labute approximate surface area is 260 Å². The summed E-state index contributed by atoms with van der Waals surface area (Å²) in [4.78, 5) is 7.49. The Balaban J connectivity index is 1.14. The Kier molecular flexibility index (Phi) is 6.74. The predicted octanol–water partition coefficient (Wildman–Crippen LogP) is 10.9. The molecule has 0 aromatic heterocycles. The van der Waals surface area contributed by atoms with E-state index in [0.717, 1.165) is 35.7 Å². The molecule has 0 bridgehead atoms. The lowest BCUT2D eigenvalue weighted by Gasteiger charge is -2.30. The second-order valence-electron chi connectivity index (χ2n) is 13.4. The Morgan fingerprint density at radius 2 is 1.49 bits per heavy atom. The highest BCUT2D eigenvalue weighted by atomic mass is 35.5. The van der Waals surface area contributed by atoms with Crippen molar-refractivity contribution in [3.8, 4) is 0 Å². The van der Waals surface area contributed by atoms with Gasteiger partial charge in [-0.1, -0.05) is 124 Å². The summed E-state index contributed by atoms with van der Waals surface area (Å²) in [6.07, 6.45) is 14.3. The fourth-order valence-corrected chi connectivity index (χ4v) is 8.02. The summed E-state index contributed by atoms with van der Waals surface area (Å²) in [5.41, 5.74) is 8.47. The van der Waals surface area contributed by atoms with E-state index in [9.17, 15) is 0 Å². The zero-order valence-corrected chi connectivity index (χ0v) is 26.5. The summed E-state index contributed by atoms with van der Waals surface area (Å²) >= 11 is 7.07. The van der Waals surface area contributed by atoms with Gasteiger partial charge in [0, 0.05) is 28.6 Å². The van der Waals surface area contributed by atoms with Gasteiger partial charge in [0.1, 0.15) is 0 Å². The van der Waals surface area contributed by atoms with Crippen LogP contribution < -0.4 is 4.90 Å². The number of likely N-dealkylation sites (N-methyl/N-ethyl adjacent to an activating group) is 1. The molecule has 1 unspecified atom stereocenters. The standard InChI is InChI=1S/C40H39ClN2/c1-39(2)34(42-32-23-20-26-12-6-8-17-30(26)36(32)39)25-22-29-15-10-14-28(38(29)41)16-11-19-35-40(3,4)37-31-18-9-7-13-27(31)21-24-33(37)43(35)5/h6-9,11-13,16-25,35H,10,14-15H2,1-5H3. The summed E-state index contributed by atoms with van der Waals surface area (Å²) in [7, 11) is 2.22. The number of benzene rings is 4. The number of nitrogens with zero attached hydrogens (tertiary/aromatic N) is 2. The number of hydrogen-bond acceptors (Lipinski definition) is 2. The molecular formula is C40H39ClN2. The van der Waals surface area contributed by atoms with Gasteiger partial charge in [-0.25, -0.2) is 0 Å². The molecule has 0 amide bonds. The SMILES string of the molecule is CN1c2ccc3ccccc3c2C(C)(C)C1C=CC=C1CCCC(C=CC2=Nc3ccc4ccccc4c3C2(C)C)=C1Cl. The van der Waals surface area contributed by atoms with E-state index in [4.69, 9.17) is 16.6 Å². The van der Waals surface area contributed by atoms with Crippen LogP contribution in [0.15, 0.2) is 124 Å². The van der Waals surface area contributed by atoms with Gasteiger partial charge in [0.25, 0.3) is 0 Å². The number of rotatable bonds is 4. The van der Waals surface area contributed by atoms with Crippen molar-refractivity contribution in [3.63, 3.8) is 0 Å². The highest BCUT2D eigenvalue weighted by Gasteiger charge is 2.42. The van der Waals surface area contributed by atoms with Gasteiger partial charge in [0.2, 0.25) is 0 Å². The van der Waals surface area contributed by atoms with Crippen molar-refractivity contribution >= 4 is 50.2 Å². The summed E-state index contributed by atoms with van der Waals surface area (Å²) in [6.45, 7) is 9.30. The van der Waals surface area contributed by atoms with Gasteiger partial charge in [-0.05, 0) is 81.3 Å². The topological polar surface area (TPSA) is 15.6 Å². The maximum Gasteiger partial charge on any atom is 0.0681 e. The van der Waals surface area contributed by atoms with Crippen LogP contribution in [0.2, 0.25) is 0 Å². The van der Waals surface area contributed by atoms with Gasteiger partial charge in [-0.15, -0.1) is 0 Å². The molecule has 0 saturated carbocycles. The molecule has 0 radical (unpaired) electrons. The molecule has 7 rings (SSSR count). The van der Waals surface area contributed by atoms with E-state index in [0.29, 0.717) is 0 Å². The first-order chi connectivity index (χ1) is 20.7. The minimum absolute atomic E-state index is 0.0161. The van der Waals surface area contributed by atoms with Crippen LogP contribution in [0.4, 0.5) is 11.4 Å². The third kappa shape index (κ3) is 4.50. The van der Waals surface area contributed by atoms with Crippen molar-refractivity contribution < 1.29 is 0 Å². The molecule has 4 aromatic rings. The van der Waals surface area contributed by atoms with Crippen LogP contribution in [0.1, 0.15) is 58.1 Å². The molecule has 2 nitrogen and oxygen atoms in total. The van der Waals surface area contributed by atoms with Crippen LogP contribution in [0.5, 0.6) is 0 Å². The first-order valence-corrected chi connectivity index (χ1v) is 15.9. The van der Waals surface area contributed by atoms with Gasteiger partial charge in [-0.2, -0.15) is 0 Å². The zero-order valence-electron chi connectivity index (χ0n) is 25.8. The number of anilines is 1. The first-order valence-electron chi connectivity index (χ1n) is 15.5. The van der Waals surface area contributed by atoms with Crippen molar-refractivity contribution in [2.24, 2.45) is 4.99 Å². The van der Waals surface area contributed by atoms with Crippen LogP contribution in [-0.4, -0.2) is 18.8 Å². The summed E-state index contributed by atoms with van der Waals surface area (Å²) in [5.74, 6) is 0. The highest BCUT2D eigenvalue weighted by molar-refractivity contribution is 6.32. The molecule has 216 valence electrons. The fraction of sp³-hybridized carbons (Fsp3) is 0.275. The number of halogens is 1. The quantitative estimate of drug-likeness (QED) is 0.234. The lowest BCUT2D eigenvalue weighted by Crippen LogP contribution is -2.37. The molecule has 0 spiro atoms. The molecule has 3 heteroatoms. The van der Waals surface area contributed by atoms with Gasteiger partial charge < -0.3 is 4.90 Å². The fourth-order valence-electron chi connectivity index (χ4n) is 7.70. The Morgan fingerprint density at radius 1 is 0.814 bits per heavy atom. The molecule has 43 heavy (non-hydrogen) atoms. The van der Waals surface area contributed by atoms with Crippen LogP contribution in [0, 0.1) is 0 Å². The highest BCUT2D eigenvalue weighted by Crippen LogP contribution is 2.48. The van der Waals surface area contributed by atoms with E-state index < -0.39 is 0 Å². The van der Waals surface area contributed by atoms with Gasteiger partial charge >= 0.3 is 0 Å². The molecule has 2 heterocycles. The van der Waals surface area contributed by atoms with Crippen LogP contribution in [0.3, 0.4) is 0 Å². The zero-order chi connectivity index (χ0) is 29.9. The normalized spacial score (nSPS) is 21.9. The number of hydrogen-bond donors (Lipinski definition) is 0. The van der Waals surface area contributed by atoms with Crippen LogP contribution >= 0.6 is 11.6 Å². The first kappa shape index (κ1) is 27.9. The molecular weight excluding hydrogens is 544 g/mol. The largest absolute Gasteiger partial charge is 0.367 e. The van der Waals surface area contributed by atoms with E-state index in [1.807, 2.05) is 0 Å². The molecule has 1 aliphatic carbocycles. The van der Waals surface area contributed by atoms with E-state index in [1.54, 1.807) is 0 Å². The van der Waals surface area contributed by atoms with Crippen molar-refractivity contribution in [1.82, 2.24) is 0 Å². The average Bonchev–Trinajstić information content (AvgIpc) is 3.38. The smallest absolute Gasteiger partial charge is 0.0681 e. The molecule has 4 aromatic carbocycles. The third-order valence-corrected chi connectivity index (χ3v) is 10.5. The number of allylic oxidation sites excluding steroid dienone is 7. The third-order valence-electron chi connectivity index (χ3n) is 9.99. The van der Waals surface area contributed by atoms with E-state index in [1.165, 1.54) is 49.5 Å². The second kappa shape index (κ2) is 10.4.